The van der Waals surface area contributed by atoms with Gasteiger partial charge in [0.25, 0.3) is 5.91 Å². The van der Waals surface area contributed by atoms with Gasteiger partial charge >= 0.3 is 0 Å². The summed E-state index contributed by atoms with van der Waals surface area (Å²) < 4.78 is 5.91. The van der Waals surface area contributed by atoms with Gasteiger partial charge in [-0.2, -0.15) is 10.2 Å². The zero-order valence-electron chi connectivity index (χ0n) is 10.1. The first-order chi connectivity index (χ1) is 9.22. The SMILES string of the molecule is COc1ccccc1/C=N\NC(=O)c1[nH]ncc1I. The molecule has 0 fully saturated rings. The maximum absolute atomic E-state index is 11.7. The van der Waals surface area contributed by atoms with Crippen molar-refractivity contribution in [2.75, 3.05) is 7.11 Å². The lowest BCUT2D eigenvalue weighted by molar-refractivity contribution is 0.0949. The number of methoxy groups -OCH3 is 1. The number of para-hydroxylation sites is 1. The van der Waals surface area contributed by atoms with Crippen molar-refractivity contribution in [3.05, 3.63) is 45.3 Å². The lowest BCUT2D eigenvalue weighted by Gasteiger charge is -2.02. The molecular formula is C12H11IN4O2. The lowest BCUT2D eigenvalue weighted by Crippen LogP contribution is -2.19. The summed E-state index contributed by atoms with van der Waals surface area (Å²) in [4.78, 5) is 11.7. The molecule has 2 N–H and O–H groups in total. The van der Waals surface area contributed by atoms with Crippen molar-refractivity contribution in [3.8, 4) is 5.75 Å². The first kappa shape index (κ1) is 13.5. The van der Waals surface area contributed by atoms with Gasteiger partial charge in [-0.05, 0) is 34.7 Å². The fraction of sp³-hybridized carbons (Fsp3) is 0.0833. The minimum atomic E-state index is -0.340. The minimum absolute atomic E-state index is 0.340. The highest BCUT2D eigenvalue weighted by Crippen LogP contribution is 2.14. The number of rotatable bonds is 4. The Morgan fingerprint density at radius 2 is 2.32 bits per heavy atom. The molecule has 0 radical (unpaired) electrons. The number of nitrogens with one attached hydrogen (secondary N) is 2. The smallest absolute Gasteiger partial charge is 0.290 e. The van der Waals surface area contributed by atoms with Gasteiger partial charge in [-0.1, -0.05) is 12.1 Å². The predicted octanol–water partition coefficient (Wildman–Crippen LogP) is 1.79. The normalized spacial score (nSPS) is 10.6. The number of carbonyl (C=O) groups excluding carboxylic acids is 1. The number of aromatic amines is 1. The molecule has 0 aliphatic heterocycles. The zero-order chi connectivity index (χ0) is 13.7. The Hall–Kier alpha value is -1.90. The molecule has 0 atom stereocenters. The minimum Gasteiger partial charge on any atom is -0.496 e. The van der Waals surface area contributed by atoms with Crippen LogP contribution in [0.3, 0.4) is 0 Å². The number of halogens is 1. The van der Waals surface area contributed by atoms with Crippen molar-refractivity contribution in [1.82, 2.24) is 15.6 Å². The fourth-order valence-corrected chi connectivity index (χ4v) is 1.92. The highest BCUT2D eigenvalue weighted by Gasteiger charge is 2.10. The molecule has 0 saturated heterocycles. The van der Waals surface area contributed by atoms with E-state index in [2.05, 4.69) is 20.7 Å². The summed E-state index contributed by atoms with van der Waals surface area (Å²) in [6.07, 6.45) is 3.10. The first-order valence-corrected chi connectivity index (χ1v) is 6.45. The molecule has 0 spiro atoms. The van der Waals surface area contributed by atoms with E-state index >= 15 is 0 Å². The molecule has 1 amide bonds. The molecule has 0 saturated carbocycles. The predicted molar refractivity (Wildman–Crippen MR) is 79.4 cm³/mol. The molecular weight excluding hydrogens is 359 g/mol. The number of benzene rings is 1. The monoisotopic (exact) mass is 370 g/mol. The molecule has 0 bridgehead atoms. The van der Waals surface area contributed by atoms with Gasteiger partial charge < -0.3 is 4.74 Å². The largest absolute Gasteiger partial charge is 0.496 e. The van der Waals surface area contributed by atoms with Crippen molar-refractivity contribution in [2.24, 2.45) is 5.10 Å². The number of carbonyl (C=O) groups is 1. The quantitative estimate of drug-likeness (QED) is 0.489. The van der Waals surface area contributed by atoms with E-state index < -0.39 is 0 Å². The zero-order valence-corrected chi connectivity index (χ0v) is 12.2. The molecule has 7 heteroatoms. The molecule has 0 aliphatic carbocycles. The molecule has 2 aromatic rings. The maximum atomic E-state index is 11.7. The van der Waals surface area contributed by atoms with E-state index in [0.717, 1.165) is 9.13 Å². The Morgan fingerprint density at radius 3 is 3.00 bits per heavy atom. The van der Waals surface area contributed by atoms with Gasteiger partial charge in [-0.25, -0.2) is 5.43 Å². The lowest BCUT2D eigenvalue weighted by atomic mass is 10.2. The topological polar surface area (TPSA) is 79.4 Å². The van der Waals surface area contributed by atoms with E-state index in [1.165, 1.54) is 6.21 Å². The number of aromatic nitrogens is 2. The third kappa shape index (κ3) is 3.31. The molecule has 0 unspecified atom stereocenters. The van der Waals surface area contributed by atoms with Gasteiger partial charge in [-0.3, -0.25) is 9.89 Å². The molecule has 98 valence electrons. The number of hydrazone groups is 1. The molecule has 1 aromatic heterocycles. The Kier molecular flexibility index (Phi) is 4.50. The average molecular weight is 370 g/mol. The van der Waals surface area contributed by atoms with Crippen molar-refractivity contribution < 1.29 is 9.53 Å². The summed E-state index contributed by atoms with van der Waals surface area (Å²) in [5.41, 5.74) is 3.59. The fourth-order valence-electron chi connectivity index (χ4n) is 1.42. The second-order valence-electron chi connectivity index (χ2n) is 3.53. The van der Waals surface area contributed by atoms with Crippen molar-refractivity contribution in [3.63, 3.8) is 0 Å². The second-order valence-corrected chi connectivity index (χ2v) is 4.70. The number of amides is 1. The van der Waals surface area contributed by atoms with Crippen LogP contribution in [0.5, 0.6) is 5.75 Å². The van der Waals surface area contributed by atoms with Gasteiger partial charge in [0.05, 0.1) is 23.1 Å². The second kappa shape index (κ2) is 6.32. The number of ether oxygens (including phenoxy) is 1. The van der Waals surface area contributed by atoms with E-state index in [4.69, 9.17) is 4.74 Å². The summed E-state index contributed by atoms with van der Waals surface area (Å²) >= 11 is 2.02. The van der Waals surface area contributed by atoms with E-state index in [9.17, 15) is 4.79 Å². The Morgan fingerprint density at radius 1 is 1.53 bits per heavy atom. The summed E-state index contributed by atoms with van der Waals surface area (Å²) in [6.45, 7) is 0. The standard InChI is InChI=1S/C12H11IN4O2/c1-19-10-5-3-2-4-8(10)6-14-17-12(18)11-9(13)7-15-16-11/h2-7H,1H3,(H,15,16)(H,17,18)/b14-6-. The van der Waals surface area contributed by atoms with Crippen LogP contribution in [0.1, 0.15) is 16.1 Å². The van der Waals surface area contributed by atoms with Gasteiger partial charge in [0.15, 0.2) is 0 Å². The van der Waals surface area contributed by atoms with Gasteiger partial charge in [0.1, 0.15) is 11.4 Å². The van der Waals surface area contributed by atoms with Gasteiger partial charge in [0.2, 0.25) is 0 Å². The Labute approximate surface area is 123 Å². The highest BCUT2D eigenvalue weighted by atomic mass is 127. The summed E-state index contributed by atoms with van der Waals surface area (Å²) in [5.74, 6) is 0.352. The van der Waals surface area contributed by atoms with Crippen LogP contribution in [0.25, 0.3) is 0 Å². The van der Waals surface area contributed by atoms with Gasteiger partial charge in [-0.15, -0.1) is 0 Å². The highest BCUT2D eigenvalue weighted by molar-refractivity contribution is 14.1. The van der Waals surface area contributed by atoms with Crippen LogP contribution in [0, 0.1) is 3.57 Å². The molecule has 2 rings (SSSR count). The van der Waals surface area contributed by atoms with Crippen LogP contribution < -0.4 is 10.2 Å². The molecule has 1 heterocycles. The molecule has 0 aliphatic rings. The van der Waals surface area contributed by atoms with Crippen LogP contribution in [0.4, 0.5) is 0 Å². The van der Waals surface area contributed by atoms with Crippen molar-refractivity contribution in [2.45, 2.75) is 0 Å². The number of nitrogens with zero attached hydrogens (tertiary/aromatic N) is 2. The van der Waals surface area contributed by atoms with Crippen LogP contribution >= 0.6 is 22.6 Å². The third-order valence-electron chi connectivity index (χ3n) is 2.33. The number of hydrogen-bond donors (Lipinski definition) is 2. The van der Waals surface area contributed by atoms with E-state index in [1.807, 2.05) is 46.9 Å². The first-order valence-electron chi connectivity index (χ1n) is 5.37. The average Bonchev–Trinajstić information content (AvgIpc) is 2.85. The number of hydrogen-bond acceptors (Lipinski definition) is 4. The van der Waals surface area contributed by atoms with E-state index in [0.29, 0.717) is 11.4 Å². The van der Waals surface area contributed by atoms with Crippen LogP contribution in [-0.4, -0.2) is 29.4 Å². The van der Waals surface area contributed by atoms with Crippen LogP contribution in [0.2, 0.25) is 0 Å². The Balaban J connectivity index is 2.04. The van der Waals surface area contributed by atoms with E-state index in [-0.39, 0.29) is 5.91 Å². The summed E-state index contributed by atoms with van der Waals surface area (Å²) in [6, 6.07) is 7.39. The molecule has 1 aromatic carbocycles. The summed E-state index contributed by atoms with van der Waals surface area (Å²) in [7, 11) is 1.58. The molecule has 6 nitrogen and oxygen atoms in total. The summed E-state index contributed by atoms with van der Waals surface area (Å²) in [5, 5.41) is 10.3. The molecule has 19 heavy (non-hydrogen) atoms. The van der Waals surface area contributed by atoms with Gasteiger partial charge in [0, 0.05) is 5.56 Å². The third-order valence-corrected chi connectivity index (χ3v) is 3.15. The number of H-pyrrole nitrogens is 1. The Bertz CT molecular complexity index is 609. The van der Waals surface area contributed by atoms with Crippen LogP contribution in [0.15, 0.2) is 35.6 Å². The van der Waals surface area contributed by atoms with Crippen molar-refractivity contribution >= 4 is 34.7 Å². The maximum Gasteiger partial charge on any atom is 0.290 e. The van der Waals surface area contributed by atoms with Crippen molar-refractivity contribution in [1.29, 1.82) is 0 Å². The van der Waals surface area contributed by atoms with Crippen LogP contribution in [-0.2, 0) is 0 Å². The van der Waals surface area contributed by atoms with E-state index in [1.54, 1.807) is 13.3 Å².